The number of rotatable bonds is 1. The number of nitrogens with zero attached hydrogens (tertiary/aromatic N) is 1. The molecule has 0 unspecified atom stereocenters. The van der Waals surface area contributed by atoms with E-state index in [1.54, 1.807) is 6.20 Å². The van der Waals surface area contributed by atoms with Crippen LogP contribution in [0.15, 0.2) is 24.4 Å². The first kappa shape index (κ1) is 7.83. The fourth-order valence-electron chi connectivity index (χ4n) is 1.18. The van der Waals surface area contributed by atoms with E-state index in [4.69, 9.17) is 5.11 Å². The van der Waals surface area contributed by atoms with Gasteiger partial charge < -0.3 is 5.11 Å². The zero-order chi connectivity index (χ0) is 8.55. The van der Waals surface area contributed by atoms with Crippen LogP contribution in [0.2, 0.25) is 0 Å². The molecule has 61 valence electrons. The molecule has 0 amide bonds. The second-order valence-corrected chi connectivity index (χ2v) is 3.47. The number of aliphatic hydroxyl groups excluding tert-OH is 1. The Kier molecular flexibility index (Phi) is 1.90. The van der Waals surface area contributed by atoms with Gasteiger partial charge in [0, 0.05) is 16.2 Å². The molecule has 2 rings (SSSR count). The van der Waals surface area contributed by atoms with Gasteiger partial charge in [0.2, 0.25) is 0 Å². The van der Waals surface area contributed by atoms with Gasteiger partial charge in [0.15, 0.2) is 0 Å². The van der Waals surface area contributed by atoms with Gasteiger partial charge in [-0.3, -0.25) is 5.32 Å². The average molecular weight is 225 g/mol. The van der Waals surface area contributed by atoms with Crippen LogP contribution in [-0.2, 0) is 6.61 Å². The molecule has 1 aliphatic rings. The first-order chi connectivity index (χ1) is 5.81. The average Bonchev–Trinajstić information content (AvgIpc) is 2.47. The molecule has 3 heteroatoms. The number of fused-ring (bicyclic) bond motifs is 1. The highest BCUT2D eigenvalue weighted by atomic mass is 79.9. The molecule has 1 radical (unpaired) electrons. The molecule has 2 nitrogen and oxygen atoms in total. The molecule has 1 aromatic rings. The topological polar surface area (TPSA) is 34.3 Å². The van der Waals surface area contributed by atoms with Gasteiger partial charge in [0.05, 0.1) is 12.3 Å². The van der Waals surface area contributed by atoms with E-state index in [0.717, 1.165) is 21.3 Å². The Morgan fingerprint density at radius 3 is 3.00 bits per heavy atom. The minimum atomic E-state index is 0.0699. The van der Waals surface area contributed by atoms with Crippen molar-refractivity contribution in [3.05, 3.63) is 35.5 Å². The molecule has 0 bridgehead atoms. The van der Waals surface area contributed by atoms with E-state index in [-0.39, 0.29) is 6.61 Å². The third kappa shape index (κ3) is 1.15. The van der Waals surface area contributed by atoms with Crippen molar-refractivity contribution in [2.24, 2.45) is 0 Å². The zero-order valence-corrected chi connectivity index (χ0v) is 7.87. The molecule has 1 aromatic carbocycles. The Morgan fingerprint density at radius 2 is 2.25 bits per heavy atom. The van der Waals surface area contributed by atoms with Crippen molar-refractivity contribution in [2.75, 3.05) is 0 Å². The summed E-state index contributed by atoms with van der Waals surface area (Å²) in [6.45, 7) is 0.0699. The van der Waals surface area contributed by atoms with Crippen LogP contribution in [0.5, 0.6) is 0 Å². The summed E-state index contributed by atoms with van der Waals surface area (Å²) in [5, 5.41) is 13.0. The standard InChI is InChI=1S/C9H7BrNO/c10-8-4-11-9-3-6(5-12)1-2-7(8)9/h1-4,12H,5H2. The summed E-state index contributed by atoms with van der Waals surface area (Å²) in [4.78, 5) is 0. The van der Waals surface area contributed by atoms with Crippen molar-refractivity contribution in [1.82, 2.24) is 5.32 Å². The van der Waals surface area contributed by atoms with E-state index >= 15 is 0 Å². The summed E-state index contributed by atoms with van der Waals surface area (Å²) >= 11 is 3.39. The Bertz CT molecular complexity index is 346. The molecule has 0 aliphatic carbocycles. The van der Waals surface area contributed by atoms with Gasteiger partial charge >= 0.3 is 0 Å². The molecule has 1 N–H and O–H groups in total. The van der Waals surface area contributed by atoms with Crippen LogP contribution in [0.25, 0.3) is 4.48 Å². The molecular weight excluding hydrogens is 218 g/mol. The van der Waals surface area contributed by atoms with Gasteiger partial charge in [-0.05, 0) is 27.6 Å². The van der Waals surface area contributed by atoms with Gasteiger partial charge in [0.1, 0.15) is 0 Å². The quantitative estimate of drug-likeness (QED) is 0.780. The Balaban J connectivity index is 2.46. The number of halogens is 1. The zero-order valence-electron chi connectivity index (χ0n) is 6.29. The number of aliphatic hydroxyl groups is 1. The Hall–Kier alpha value is -0.800. The normalized spacial score (nSPS) is 13.7. The molecule has 12 heavy (non-hydrogen) atoms. The van der Waals surface area contributed by atoms with E-state index in [9.17, 15) is 0 Å². The summed E-state index contributed by atoms with van der Waals surface area (Å²) in [7, 11) is 0. The molecular formula is C9H7BrNO. The maximum atomic E-state index is 8.86. The van der Waals surface area contributed by atoms with Crippen LogP contribution in [0.3, 0.4) is 0 Å². The number of hydrogen-bond acceptors (Lipinski definition) is 1. The largest absolute Gasteiger partial charge is 0.392 e. The van der Waals surface area contributed by atoms with Gasteiger partial charge in [-0.25, -0.2) is 0 Å². The fraction of sp³-hybridized carbons (Fsp3) is 0.111. The third-order valence-electron chi connectivity index (χ3n) is 1.82. The van der Waals surface area contributed by atoms with E-state index in [0.29, 0.717) is 0 Å². The Morgan fingerprint density at radius 1 is 1.42 bits per heavy atom. The van der Waals surface area contributed by atoms with E-state index in [1.807, 2.05) is 18.2 Å². The summed E-state index contributed by atoms with van der Waals surface area (Å²) in [5.41, 5.74) is 2.91. The molecule has 0 saturated carbocycles. The molecule has 1 heterocycles. The maximum Gasteiger partial charge on any atom is 0.0717 e. The van der Waals surface area contributed by atoms with Crippen LogP contribution in [0.1, 0.15) is 11.1 Å². The van der Waals surface area contributed by atoms with Crippen molar-refractivity contribution in [2.45, 2.75) is 6.61 Å². The van der Waals surface area contributed by atoms with Crippen molar-refractivity contribution in [3.8, 4) is 0 Å². The molecule has 0 atom stereocenters. The highest BCUT2D eigenvalue weighted by Crippen LogP contribution is 2.34. The van der Waals surface area contributed by atoms with Crippen LogP contribution < -0.4 is 5.32 Å². The van der Waals surface area contributed by atoms with Crippen molar-refractivity contribution < 1.29 is 5.11 Å². The summed E-state index contributed by atoms with van der Waals surface area (Å²) in [6.07, 6.45) is 1.77. The number of benzene rings is 1. The molecule has 1 aliphatic heterocycles. The van der Waals surface area contributed by atoms with Crippen LogP contribution in [0, 0.1) is 0 Å². The fourth-order valence-corrected chi connectivity index (χ4v) is 1.62. The van der Waals surface area contributed by atoms with Crippen LogP contribution in [-0.4, -0.2) is 5.11 Å². The van der Waals surface area contributed by atoms with Gasteiger partial charge in [0.25, 0.3) is 0 Å². The number of hydrogen-bond donors (Lipinski definition) is 1. The van der Waals surface area contributed by atoms with Gasteiger partial charge in [-0.15, -0.1) is 0 Å². The summed E-state index contributed by atoms with van der Waals surface area (Å²) in [5.74, 6) is 0. The lowest BCUT2D eigenvalue weighted by molar-refractivity contribution is 0.282. The van der Waals surface area contributed by atoms with E-state index < -0.39 is 0 Å². The Labute approximate surface area is 79.0 Å². The predicted molar refractivity (Wildman–Crippen MR) is 51.1 cm³/mol. The maximum absolute atomic E-state index is 8.86. The summed E-state index contributed by atoms with van der Waals surface area (Å²) in [6, 6.07) is 5.74. The van der Waals surface area contributed by atoms with E-state index in [1.165, 1.54) is 0 Å². The first-order valence-corrected chi connectivity index (χ1v) is 4.41. The molecule has 0 spiro atoms. The second-order valence-electron chi connectivity index (χ2n) is 2.62. The van der Waals surface area contributed by atoms with E-state index in [2.05, 4.69) is 21.2 Å². The lowest BCUT2D eigenvalue weighted by Crippen LogP contribution is -1.87. The highest BCUT2D eigenvalue weighted by molar-refractivity contribution is 9.15. The second kappa shape index (κ2) is 2.92. The van der Waals surface area contributed by atoms with Crippen molar-refractivity contribution in [1.29, 1.82) is 0 Å². The smallest absolute Gasteiger partial charge is 0.0717 e. The molecule has 0 aromatic heterocycles. The van der Waals surface area contributed by atoms with Crippen molar-refractivity contribution in [3.63, 3.8) is 0 Å². The van der Waals surface area contributed by atoms with Gasteiger partial charge in [-0.1, -0.05) is 12.1 Å². The first-order valence-electron chi connectivity index (χ1n) is 3.62. The van der Waals surface area contributed by atoms with Crippen molar-refractivity contribution >= 4 is 26.1 Å². The van der Waals surface area contributed by atoms with Gasteiger partial charge in [-0.2, -0.15) is 0 Å². The minimum Gasteiger partial charge on any atom is -0.392 e. The lowest BCUT2D eigenvalue weighted by atomic mass is 10.1. The molecule has 0 saturated heterocycles. The van der Waals surface area contributed by atoms with Crippen LogP contribution >= 0.6 is 15.9 Å². The highest BCUT2D eigenvalue weighted by Gasteiger charge is 2.12. The minimum absolute atomic E-state index is 0.0699. The van der Waals surface area contributed by atoms with Crippen LogP contribution in [0.4, 0.5) is 5.69 Å². The SMILES string of the molecule is OCc1ccc2c(c1)[N]C=C2Br. The predicted octanol–water partition coefficient (Wildman–Crippen LogP) is 2.12. The third-order valence-corrected chi connectivity index (χ3v) is 2.45. The summed E-state index contributed by atoms with van der Waals surface area (Å²) < 4.78 is 1.00. The molecule has 0 fully saturated rings. The monoisotopic (exact) mass is 224 g/mol. The lowest BCUT2D eigenvalue weighted by Gasteiger charge is -2.00.